The number of ether oxygens (including phenoxy) is 4. The maximum Gasteiger partial charge on any atom is 0.408 e. The number of epoxide rings is 1. The molecule has 3 unspecified atom stereocenters. The van der Waals surface area contributed by atoms with Gasteiger partial charge < -0.3 is 34.9 Å². The molecule has 4 atom stereocenters. The second kappa shape index (κ2) is 14.4. The zero-order chi connectivity index (χ0) is 30.1. The SMILES string of the molecule is CC(C)(C)OC(=O)NC(COC(F)F)C(=O)N[C@@H](COC(F)F)C(=O)NC(Cc1ccccc1)C(=O)C1(C)CO1. The van der Waals surface area contributed by atoms with Gasteiger partial charge in [-0.3, -0.25) is 14.4 Å². The summed E-state index contributed by atoms with van der Waals surface area (Å²) in [7, 11) is 0. The molecule has 0 spiro atoms. The number of alkyl halides is 4. The number of Topliss-reactive ketones (excluding diaryl/α,β-unsaturated/α-hetero) is 1. The van der Waals surface area contributed by atoms with E-state index < -0.39 is 79.5 Å². The van der Waals surface area contributed by atoms with Crippen molar-refractivity contribution in [1.82, 2.24) is 16.0 Å². The lowest BCUT2D eigenvalue weighted by atomic mass is 9.94. The fourth-order valence-corrected chi connectivity index (χ4v) is 3.38. The third kappa shape index (κ3) is 11.4. The van der Waals surface area contributed by atoms with E-state index >= 15 is 0 Å². The molecule has 2 rings (SSSR count). The number of rotatable bonds is 15. The summed E-state index contributed by atoms with van der Waals surface area (Å²) in [6, 6.07) is 3.78. The highest BCUT2D eigenvalue weighted by Crippen LogP contribution is 2.29. The van der Waals surface area contributed by atoms with Gasteiger partial charge in [-0.15, -0.1) is 0 Å². The number of carbonyl (C=O) groups excluding carboxylic acids is 4. The molecule has 11 nitrogen and oxygen atoms in total. The normalized spacial score (nSPS) is 18.9. The predicted molar refractivity (Wildman–Crippen MR) is 130 cm³/mol. The van der Waals surface area contributed by atoms with Crippen molar-refractivity contribution in [3.05, 3.63) is 35.9 Å². The number of alkyl carbamates (subject to hydrolysis) is 1. The Hall–Kier alpha value is -3.30. The summed E-state index contributed by atoms with van der Waals surface area (Å²) >= 11 is 0. The van der Waals surface area contributed by atoms with Crippen molar-refractivity contribution in [2.24, 2.45) is 0 Å². The highest BCUT2D eigenvalue weighted by molar-refractivity contribution is 5.98. The number of benzene rings is 1. The van der Waals surface area contributed by atoms with Crippen LogP contribution in [0.15, 0.2) is 30.3 Å². The van der Waals surface area contributed by atoms with Gasteiger partial charge in [0.2, 0.25) is 11.8 Å². The molecular formula is C25H33F4N3O8. The van der Waals surface area contributed by atoms with E-state index in [1.165, 1.54) is 27.7 Å². The Kier molecular flexibility index (Phi) is 11.8. The highest BCUT2D eigenvalue weighted by Gasteiger charge is 2.50. The van der Waals surface area contributed by atoms with E-state index in [4.69, 9.17) is 9.47 Å². The lowest BCUT2D eigenvalue weighted by molar-refractivity contribution is -0.152. The average molecular weight is 580 g/mol. The molecule has 0 saturated carbocycles. The van der Waals surface area contributed by atoms with E-state index in [0.29, 0.717) is 5.56 Å². The van der Waals surface area contributed by atoms with Gasteiger partial charge in [0.1, 0.15) is 23.3 Å². The van der Waals surface area contributed by atoms with Crippen molar-refractivity contribution in [1.29, 1.82) is 0 Å². The Morgan fingerprint density at radius 1 is 0.875 bits per heavy atom. The minimum atomic E-state index is -3.33. The first-order valence-electron chi connectivity index (χ1n) is 12.2. The molecular weight excluding hydrogens is 546 g/mol. The maximum absolute atomic E-state index is 13.1. The van der Waals surface area contributed by atoms with Crippen LogP contribution in [0.4, 0.5) is 22.4 Å². The fourth-order valence-electron chi connectivity index (χ4n) is 3.38. The zero-order valence-electron chi connectivity index (χ0n) is 22.4. The molecule has 15 heteroatoms. The summed E-state index contributed by atoms with van der Waals surface area (Å²) in [5, 5.41) is 6.55. The van der Waals surface area contributed by atoms with Crippen molar-refractivity contribution in [3.63, 3.8) is 0 Å². The summed E-state index contributed by atoms with van der Waals surface area (Å²) in [6.07, 6.45) is -1.15. The molecule has 0 aliphatic carbocycles. The monoisotopic (exact) mass is 579 g/mol. The molecule has 1 saturated heterocycles. The van der Waals surface area contributed by atoms with Crippen LogP contribution in [-0.4, -0.2) is 86.1 Å². The van der Waals surface area contributed by atoms with Gasteiger partial charge in [-0.1, -0.05) is 30.3 Å². The van der Waals surface area contributed by atoms with Crippen molar-refractivity contribution in [2.75, 3.05) is 19.8 Å². The molecule has 3 N–H and O–H groups in total. The van der Waals surface area contributed by atoms with Crippen LogP contribution in [0, 0.1) is 0 Å². The first-order valence-corrected chi connectivity index (χ1v) is 12.2. The number of hydrogen-bond donors (Lipinski definition) is 3. The van der Waals surface area contributed by atoms with Gasteiger partial charge in [0.25, 0.3) is 0 Å². The van der Waals surface area contributed by atoms with Crippen LogP contribution in [0.25, 0.3) is 0 Å². The van der Waals surface area contributed by atoms with Gasteiger partial charge >= 0.3 is 19.3 Å². The molecule has 1 aliphatic rings. The van der Waals surface area contributed by atoms with Crippen LogP contribution in [0.3, 0.4) is 0 Å². The second-order valence-electron chi connectivity index (χ2n) is 10.1. The summed E-state index contributed by atoms with van der Waals surface area (Å²) < 4.78 is 69.5. The van der Waals surface area contributed by atoms with Crippen LogP contribution in [0.2, 0.25) is 0 Å². The van der Waals surface area contributed by atoms with Crippen LogP contribution in [0.1, 0.15) is 33.3 Å². The summed E-state index contributed by atoms with van der Waals surface area (Å²) in [5.41, 5.74) is -1.50. The van der Waals surface area contributed by atoms with Crippen molar-refractivity contribution in [2.45, 2.75) is 76.7 Å². The molecule has 1 aliphatic heterocycles. The molecule has 0 bridgehead atoms. The number of nitrogens with one attached hydrogen (secondary N) is 3. The minimum absolute atomic E-state index is 0.0196. The van der Waals surface area contributed by atoms with E-state index in [0.717, 1.165) is 0 Å². The lowest BCUT2D eigenvalue weighted by Gasteiger charge is -2.26. The Balaban J connectivity index is 2.22. The summed E-state index contributed by atoms with van der Waals surface area (Å²) in [5.74, 6) is -2.81. The molecule has 1 heterocycles. The number of carbonyl (C=O) groups is 4. The molecule has 40 heavy (non-hydrogen) atoms. The van der Waals surface area contributed by atoms with E-state index in [1.54, 1.807) is 30.3 Å². The number of ketones is 1. The highest BCUT2D eigenvalue weighted by atomic mass is 19.3. The van der Waals surface area contributed by atoms with Gasteiger partial charge in [-0.2, -0.15) is 17.6 Å². The Bertz CT molecular complexity index is 1020. The maximum atomic E-state index is 13.1. The third-order valence-electron chi connectivity index (χ3n) is 5.43. The van der Waals surface area contributed by atoms with Crippen molar-refractivity contribution in [3.8, 4) is 0 Å². The fraction of sp³-hybridized carbons (Fsp3) is 0.600. The van der Waals surface area contributed by atoms with E-state index in [-0.39, 0.29) is 13.0 Å². The standard InChI is InChI=1S/C25H33F4N3O8/c1-24(2,3)40-23(36)32-17(12-38-22(28)29)20(35)31-16(11-37-21(26)27)19(34)30-15(18(33)25(4)13-39-25)10-14-8-6-5-7-9-14/h5-9,15-17,21-22H,10-13H2,1-4H3,(H,30,34)(H,31,35)(H,32,36)/t15?,16-,17?,25?/m0/s1. The quantitative estimate of drug-likeness (QED) is 0.211. The molecule has 3 amide bonds. The lowest BCUT2D eigenvalue weighted by Crippen LogP contribution is -2.59. The molecule has 1 aromatic rings. The van der Waals surface area contributed by atoms with E-state index in [9.17, 15) is 36.7 Å². The molecule has 1 aromatic carbocycles. The number of hydrogen-bond acceptors (Lipinski definition) is 8. The Labute approximate surface area is 228 Å². The Morgan fingerprint density at radius 3 is 1.80 bits per heavy atom. The molecule has 0 radical (unpaired) electrons. The number of amides is 3. The van der Waals surface area contributed by atoms with Crippen LogP contribution < -0.4 is 16.0 Å². The third-order valence-corrected chi connectivity index (χ3v) is 5.43. The van der Waals surface area contributed by atoms with Crippen LogP contribution >= 0.6 is 0 Å². The van der Waals surface area contributed by atoms with Crippen molar-refractivity contribution >= 4 is 23.7 Å². The van der Waals surface area contributed by atoms with Crippen LogP contribution in [0.5, 0.6) is 0 Å². The summed E-state index contributed by atoms with van der Waals surface area (Å²) in [6.45, 7) is -2.56. The Morgan fingerprint density at radius 2 is 1.35 bits per heavy atom. The first-order chi connectivity index (χ1) is 18.6. The van der Waals surface area contributed by atoms with E-state index in [1.807, 2.05) is 5.32 Å². The smallest absolute Gasteiger partial charge is 0.408 e. The largest absolute Gasteiger partial charge is 0.444 e. The molecule has 0 aromatic heterocycles. The van der Waals surface area contributed by atoms with Crippen LogP contribution in [-0.2, 0) is 39.8 Å². The van der Waals surface area contributed by atoms with E-state index in [2.05, 4.69) is 20.1 Å². The predicted octanol–water partition coefficient (Wildman–Crippen LogP) is 1.93. The van der Waals surface area contributed by atoms with Crippen molar-refractivity contribution < 1.29 is 55.7 Å². The van der Waals surface area contributed by atoms with Gasteiger partial charge in [0.05, 0.1) is 25.9 Å². The average Bonchev–Trinajstić information content (AvgIpc) is 3.60. The van der Waals surface area contributed by atoms with Gasteiger partial charge in [-0.05, 0) is 39.7 Å². The minimum Gasteiger partial charge on any atom is -0.444 e. The van der Waals surface area contributed by atoms with Gasteiger partial charge in [-0.25, -0.2) is 4.79 Å². The second-order valence-corrected chi connectivity index (χ2v) is 10.1. The van der Waals surface area contributed by atoms with Gasteiger partial charge in [0.15, 0.2) is 5.78 Å². The number of halogens is 4. The zero-order valence-corrected chi connectivity index (χ0v) is 22.4. The summed E-state index contributed by atoms with van der Waals surface area (Å²) in [4.78, 5) is 51.2. The van der Waals surface area contributed by atoms with Gasteiger partial charge in [0, 0.05) is 0 Å². The molecule has 224 valence electrons. The topological polar surface area (TPSA) is 145 Å². The molecule has 1 fully saturated rings. The first kappa shape index (κ1) is 32.9.